The van der Waals surface area contributed by atoms with Gasteiger partial charge in [0.25, 0.3) is 5.91 Å². The van der Waals surface area contributed by atoms with Crippen molar-refractivity contribution in [2.24, 2.45) is 0 Å². The standard InChI is InChI=1S/C22H26FN3O2/c1-21(2)13-22(14-26(21)17-8-6-16(23)7-9-17)10-3-11-25(22)20(27)18-12-19(28-24-18)15-4-5-15/h6-9,12,15H,3-5,10-11,13-14H2,1-2H3. The van der Waals surface area contributed by atoms with Crippen LogP contribution in [-0.2, 0) is 0 Å². The quantitative estimate of drug-likeness (QED) is 0.790. The number of benzene rings is 1. The molecular weight excluding hydrogens is 357 g/mol. The number of carbonyl (C=O) groups excluding carboxylic acids is 1. The van der Waals surface area contributed by atoms with E-state index in [1.165, 1.54) is 12.1 Å². The zero-order valence-electron chi connectivity index (χ0n) is 16.4. The average Bonchev–Trinajstić information content (AvgIpc) is 3.14. The predicted molar refractivity (Wildman–Crippen MR) is 104 cm³/mol. The number of anilines is 1. The molecule has 2 aliphatic heterocycles. The van der Waals surface area contributed by atoms with Gasteiger partial charge in [0.05, 0.1) is 5.54 Å². The first kappa shape index (κ1) is 17.7. The first-order valence-electron chi connectivity index (χ1n) is 10.2. The van der Waals surface area contributed by atoms with Crippen molar-refractivity contribution in [3.8, 4) is 0 Å². The zero-order valence-corrected chi connectivity index (χ0v) is 16.4. The first-order chi connectivity index (χ1) is 13.4. The number of hydrogen-bond donors (Lipinski definition) is 0. The van der Waals surface area contributed by atoms with E-state index in [1.807, 2.05) is 23.1 Å². The van der Waals surface area contributed by atoms with E-state index in [-0.39, 0.29) is 22.8 Å². The van der Waals surface area contributed by atoms with Crippen molar-refractivity contribution in [3.05, 3.63) is 47.6 Å². The van der Waals surface area contributed by atoms with E-state index < -0.39 is 0 Å². The highest BCUT2D eigenvalue weighted by Gasteiger charge is 2.55. The molecule has 1 spiro atoms. The molecule has 1 aliphatic carbocycles. The number of carbonyl (C=O) groups is 1. The molecule has 1 saturated carbocycles. The van der Waals surface area contributed by atoms with Crippen LogP contribution < -0.4 is 4.90 Å². The van der Waals surface area contributed by atoms with Crippen LogP contribution in [0.15, 0.2) is 34.9 Å². The summed E-state index contributed by atoms with van der Waals surface area (Å²) < 4.78 is 18.8. The number of aromatic nitrogens is 1. The van der Waals surface area contributed by atoms with Crippen molar-refractivity contribution in [1.29, 1.82) is 0 Å². The van der Waals surface area contributed by atoms with Crippen molar-refractivity contribution in [2.45, 2.75) is 62.9 Å². The molecule has 3 fully saturated rings. The normalized spacial score (nSPS) is 26.4. The molecule has 3 heterocycles. The Bertz CT molecular complexity index is 903. The summed E-state index contributed by atoms with van der Waals surface area (Å²) >= 11 is 0. The summed E-state index contributed by atoms with van der Waals surface area (Å²) in [6, 6.07) is 8.50. The van der Waals surface area contributed by atoms with Crippen LogP contribution in [0.3, 0.4) is 0 Å². The van der Waals surface area contributed by atoms with Gasteiger partial charge in [0.1, 0.15) is 11.6 Å². The molecule has 1 atom stereocenters. The van der Waals surface area contributed by atoms with E-state index in [0.717, 1.165) is 56.6 Å². The minimum atomic E-state index is -0.231. The summed E-state index contributed by atoms with van der Waals surface area (Å²) in [5, 5.41) is 4.08. The fourth-order valence-electron chi connectivity index (χ4n) is 5.22. The Morgan fingerprint density at radius 3 is 2.71 bits per heavy atom. The van der Waals surface area contributed by atoms with E-state index in [2.05, 4.69) is 23.9 Å². The van der Waals surface area contributed by atoms with E-state index in [1.54, 1.807) is 0 Å². The minimum Gasteiger partial charge on any atom is -0.364 e. The van der Waals surface area contributed by atoms with Gasteiger partial charge in [-0.2, -0.15) is 0 Å². The van der Waals surface area contributed by atoms with E-state index in [9.17, 15) is 9.18 Å². The fourth-order valence-corrected chi connectivity index (χ4v) is 5.22. The van der Waals surface area contributed by atoms with Gasteiger partial charge in [-0.3, -0.25) is 4.79 Å². The van der Waals surface area contributed by atoms with Crippen molar-refractivity contribution < 1.29 is 13.7 Å². The van der Waals surface area contributed by atoms with Gasteiger partial charge in [0, 0.05) is 36.3 Å². The van der Waals surface area contributed by atoms with Crippen molar-refractivity contribution in [2.75, 3.05) is 18.0 Å². The van der Waals surface area contributed by atoms with Gasteiger partial charge in [-0.05, 0) is 70.2 Å². The Morgan fingerprint density at radius 2 is 2.00 bits per heavy atom. The van der Waals surface area contributed by atoms with Crippen LogP contribution in [0.1, 0.15) is 68.1 Å². The Hall–Kier alpha value is -2.37. The first-order valence-corrected chi connectivity index (χ1v) is 10.2. The Kier molecular flexibility index (Phi) is 3.83. The maximum atomic E-state index is 13.4. The van der Waals surface area contributed by atoms with Gasteiger partial charge in [-0.25, -0.2) is 4.39 Å². The van der Waals surface area contributed by atoms with Gasteiger partial charge < -0.3 is 14.3 Å². The van der Waals surface area contributed by atoms with Crippen LogP contribution in [0, 0.1) is 5.82 Å². The van der Waals surface area contributed by atoms with Gasteiger partial charge in [0.2, 0.25) is 0 Å². The topological polar surface area (TPSA) is 49.6 Å². The molecule has 0 N–H and O–H groups in total. The van der Waals surface area contributed by atoms with Crippen LogP contribution in [0.4, 0.5) is 10.1 Å². The number of nitrogens with zero attached hydrogens (tertiary/aromatic N) is 3. The number of likely N-dealkylation sites (tertiary alicyclic amines) is 1. The molecule has 1 unspecified atom stereocenters. The highest BCUT2D eigenvalue weighted by molar-refractivity contribution is 5.93. The van der Waals surface area contributed by atoms with Crippen LogP contribution in [0.2, 0.25) is 0 Å². The summed E-state index contributed by atoms with van der Waals surface area (Å²) in [5.41, 5.74) is 1.10. The lowest BCUT2D eigenvalue weighted by molar-refractivity contribution is 0.0606. The monoisotopic (exact) mass is 383 g/mol. The van der Waals surface area contributed by atoms with Gasteiger partial charge >= 0.3 is 0 Å². The third kappa shape index (κ3) is 2.81. The molecule has 5 rings (SSSR count). The summed E-state index contributed by atoms with van der Waals surface area (Å²) in [4.78, 5) is 17.6. The maximum absolute atomic E-state index is 13.4. The average molecular weight is 383 g/mol. The second kappa shape index (κ2) is 6.06. The highest BCUT2D eigenvalue weighted by atomic mass is 19.1. The number of halogens is 1. The van der Waals surface area contributed by atoms with Crippen molar-refractivity contribution >= 4 is 11.6 Å². The molecule has 2 aromatic rings. The summed E-state index contributed by atoms with van der Waals surface area (Å²) in [6.07, 6.45) is 5.10. The molecule has 5 nitrogen and oxygen atoms in total. The van der Waals surface area contributed by atoms with Gasteiger partial charge in [-0.1, -0.05) is 5.16 Å². The molecular formula is C22H26FN3O2. The molecule has 1 aromatic carbocycles. The number of amides is 1. The second-order valence-electron chi connectivity index (χ2n) is 9.23. The molecule has 2 saturated heterocycles. The fraction of sp³-hybridized carbons (Fsp3) is 0.545. The third-order valence-electron chi connectivity index (χ3n) is 6.65. The molecule has 0 bridgehead atoms. The predicted octanol–water partition coefficient (Wildman–Crippen LogP) is 4.35. The largest absolute Gasteiger partial charge is 0.364 e. The zero-order chi connectivity index (χ0) is 19.5. The summed E-state index contributed by atoms with van der Waals surface area (Å²) in [6.45, 7) is 5.91. The lowest BCUT2D eigenvalue weighted by Gasteiger charge is -2.34. The third-order valence-corrected chi connectivity index (χ3v) is 6.65. The van der Waals surface area contributed by atoms with Crippen molar-refractivity contribution in [3.63, 3.8) is 0 Å². The summed E-state index contributed by atoms with van der Waals surface area (Å²) in [5.74, 6) is 1.03. The molecule has 148 valence electrons. The molecule has 28 heavy (non-hydrogen) atoms. The Balaban J connectivity index is 1.43. The summed E-state index contributed by atoms with van der Waals surface area (Å²) in [7, 11) is 0. The SMILES string of the molecule is CC1(C)CC2(CCCN2C(=O)c2cc(C3CC3)on2)CN1c1ccc(F)cc1. The molecule has 1 aromatic heterocycles. The number of hydrogen-bond acceptors (Lipinski definition) is 4. The minimum absolute atomic E-state index is 0.0232. The van der Waals surface area contributed by atoms with E-state index in [0.29, 0.717) is 11.6 Å². The van der Waals surface area contributed by atoms with Crippen molar-refractivity contribution in [1.82, 2.24) is 10.1 Å². The molecule has 3 aliphatic rings. The lowest BCUT2D eigenvalue weighted by Crippen LogP contribution is -2.49. The van der Waals surface area contributed by atoms with Gasteiger partial charge in [0.15, 0.2) is 5.69 Å². The van der Waals surface area contributed by atoms with Crippen LogP contribution >= 0.6 is 0 Å². The smallest absolute Gasteiger partial charge is 0.276 e. The van der Waals surface area contributed by atoms with Crippen LogP contribution in [0.5, 0.6) is 0 Å². The molecule has 6 heteroatoms. The Labute approximate surface area is 164 Å². The Morgan fingerprint density at radius 1 is 1.25 bits per heavy atom. The lowest BCUT2D eigenvalue weighted by atomic mass is 9.87. The van der Waals surface area contributed by atoms with Crippen LogP contribution in [0.25, 0.3) is 0 Å². The van der Waals surface area contributed by atoms with Crippen LogP contribution in [-0.4, -0.2) is 40.1 Å². The van der Waals surface area contributed by atoms with E-state index >= 15 is 0 Å². The maximum Gasteiger partial charge on any atom is 0.276 e. The highest BCUT2D eigenvalue weighted by Crippen LogP contribution is 2.47. The number of rotatable bonds is 3. The second-order valence-corrected chi connectivity index (χ2v) is 9.23. The molecule has 1 amide bonds. The van der Waals surface area contributed by atoms with E-state index in [4.69, 9.17) is 4.52 Å². The molecule has 0 radical (unpaired) electrons. The van der Waals surface area contributed by atoms with Gasteiger partial charge in [-0.15, -0.1) is 0 Å².